The zero-order valence-electron chi connectivity index (χ0n) is 25.3. The molecule has 0 saturated carbocycles. The highest BCUT2D eigenvalue weighted by Gasteiger charge is 2.48. The number of rotatable bonds is 12. The molecule has 6 rings (SSSR count). The molecule has 11 heteroatoms. The van der Waals surface area contributed by atoms with Gasteiger partial charge in [0.1, 0.15) is 28.8 Å². The maximum absolute atomic E-state index is 13.7. The number of aromatic nitrogens is 2. The second-order valence-corrected chi connectivity index (χ2v) is 12.8. The average molecular weight is 668 g/mol. The van der Waals surface area contributed by atoms with E-state index in [9.17, 15) is 19.1 Å². The van der Waals surface area contributed by atoms with E-state index in [4.69, 9.17) is 9.47 Å². The van der Waals surface area contributed by atoms with Gasteiger partial charge in [-0.2, -0.15) is 0 Å². The first-order valence-corrected chi connectivity index (χ1v) is 16.8. The van der Waals surface area contributed by atoms with Crippen molar-refractivity contribution < 1.29 is 28.6 Å². The van der Waals surface area contributed by atoms with Crippen molar-refractivity contribution in [3.63, 3.8) is 0 Å². The lowest BCUT2D eigenvalue weighted by Crippen LogP contribution is -2.29. The zero-order chi connectivity index (χ0) is 32.8. The molecule has 1 amide bonds. The van der Waals surface area contributed by atoms with Crippen LogP contribution in [0.5, 0.6) is 17.2 Å². The Balaban J connectivity index is 1.36. The Bertz CT molecular complexity index is 1900. The topological polar surface area (TPSA) is 102 Å². The normalized spacial score (nSPS) is 15.6. The summed E-state index contributed by atoms with van der Waals surface area (Å²) in [4.78, 5) is 28.7. The monoisotopic (exact) mass is 667 g/mol. The molecular formula is C36H30FN3O5S2. The summed E-state index contributed by atoms with van der Waals surface area (Å²) in [6.07, 6.45) is 1.91. The molecule has 0 bridgehead atoms. The number of benzene rings is 4. The fourth-order valence-corrected chi connectivity index (χ4v) is 6.82. The summed E-state index contributed by atoms with van der Waals surface area (Å²) in [5.41, 5.74) is 1.71. The Morgan fingerprint density at radius 1 is 0.915 bits per heavy atom. The summed E-state index contributed by atoms with van der Waals surface area (Å²) < 4.78 is 25.7. The molecule has 238 valence electrons. The lowest BCUT2D eigenvalue weighted by Gasteiger charge is -2.23. The third kappa shape index (κ3) is 7.37. The highest BCUT2D eigenvalue weighted by Crippen LogP contribution is 2.45. The van der Waals surface area contributed by atoms with Gasteiger partial charge >= 0.3 is 5.91 Å². The molecule has 1 aliphatic rings. The van der Waals surface area contributed by atoms with Gasteiger partial charge in [-0.3, -0.25) is 14.5 Å². The van der Waals surface area contributed by atoms with Crippen molar-refractivity contribution >= 4 is 45.7 Å². The predicted molar refractivity (Wildman–Crippen MR) is 180 cm³/mol. The fourth-order valence-electron chi connectivity index (χ4n) is 5.00. The van der Waals surface area contributed by atoms with Gasteiger partial charge in [-0.25, -0.2) is 4.39 Å². The third-order valence-electron chi connectivity index (χ3n) is 7.37. The largest absolute Gasteiger partial charge is 0.507 e. The highest BCUT2D eigenvalue weighted by atomic mass is 32.2. The Kier molecular flexibility index (Phi) is 9.94. The van der Waals surface area contributed by atoms with Crippen LogP contribution in [-0.4, -0.2) is 33.6 Å². The molecule has 8 nitrogen and oxygen atoms in total. The predicted octanol–water partition coefficient (Wildman–Crippen LogP) is 8.57. The van der Waals surface area contributed by atoms with E-state index in [0.717, 1.165) is 29.7 Å². The molecule has 1 saturated heterocycles. The summed E-state index contributed by atoms with van der Waals surface area (Å²) in [5, 5.41) is 20.3. The number of ether oxygens (including phenoxy) is 2. The summed E-state index contributed by atoms with van der Waals surface area (Å²) in [5.74, 6) is -0.0706. The maximum Gasteiger partial charge on any atom is 0.301 e. The second-order valence-electron chi connectivity index (χ2n) is 10.6. The number of aliphatic hydroxyl groups is 1. The maximum atomic E-state index is 13.7. The number of Topliss-reactive ketones (excluding diaryl/α,β-unsaturated/α-hetero) is 1. The van der Waals surface area contributed by atoms with Crippen LogP contribution in [0.15, 0.2) is 113 Å². The average Bonchev–Trinajstić information content (AvgIpc) is 3.66. The fraction of sp³-hybridized carbons (Fsp3) is 0.167. The van der Waals surface area contributed by atoms with E-state index >= 15 is 0 Å². The van der Waals surface area contributed by atoms with Crippen molar-refractivity contribution in [2.24, 2.45) is 0 Å². The SMILES string of the molecule is CCCCOc1ccc(/C(O)=C2/C(=O)C(=O)N(c3nnc(SCc4ccc(F)cc4)s3)C2c2cccc(Oc3ccccc3)c2)cc1. The molecule has 1 aliphatic heterocycles. The van der Waals surface area contributed by atoms with Crippen molar-refractivity contribution in [1.82, 2.24) is 10.2 Å². The van der Waals surface area contributed by atoms with E-state index in [1.54, 1.807) is 60.7 Å². The molecule has 0 radical (unpaired) electrons. The van der Waals surface area contributed by atoms with E-state index in [0.29, 0.717) is 45.1 Å². The van der Waals surface area contributed by atoms with Crippen molar-refractivity contribution in [1.29, 1.82) is 0 Å². The molecule has 0 spiro atoms. The first-order chi connectivity index (χ1) is 22.9. The Hall–Kier alpha value is -5.00. The van der Waals surface area contributed by atoms with Gasteiger partial charge in [0.2, 0.25) is 5.13 Å². The van der Waals surface area contributed by atoms with E-state index in [1.165, 1.54) is 28.8 Å². The number of thioether (sulfide) groups is 1. The molecule has 4 aromatic carbocycles. The van der Waals surface area contributed by atoms with Crippen LogP contribution in [0.4, 0.5) is 9.52 Å². The number of hydrogen-bond donors (Lipinski definition) is 1. The summed E-state index contributed by atoms with van der Waals surface area (Å²) in [7, 11) is 0. The van der Waals surface area contributed by atoms with E-state index in [1.807, 2.05) is 30.3 Å². The van der Waals surface area contributed by atoms with Crippen molar-refractivity contribution in [3.8, 4) is 17.2 Å². The minimum atomic E-state index is -1.02. The molecule has 47 heavy (non-hydrogen) atoms. The van der Waals surface area contributed by atoms with Gasteiger partial charge in [0.25, 0.3) is 5.78 Å². The molecule has 1 N–H and O–H groups in total. The molecule has 2 heterocycles. The number of halogens is 1. The number of carbonyl (C=O) groups is 2. The number of anilines is 1. The molecule has 0 aliphatic carbocycles. The van der Waals surface area contributed by atoms with Gasteiger partial charge in [-0.05, 0) is 78.2 Å². The van der Waals surface area contributed by atoms with E-state index in [-0.39, 0.29) is 22.3 Å². The summed E-state index contributed by atoms with van der Waals surface area (Å²) in [6, 6.07) is 28.2. The first kappa shape index (κ1) is 32.0. The second kappa shape index (κ2) is 14.6. The van der Waals surface area contributed by atoms with Crippen LogP contribution >= 0.6 is 23.1 Å². The Labute approximate surface area is 279 Å². The van der Waals surface area contributed by atoms with Crippen LogP contribution in [0.2, 0.25) is 0 Å². The molecule has 1 atom stereocenters. The van der Waals surface area contributed by atoms with Crippen LogP contribution in [0.1, 0.15) is 42.5 Å². The standard InChI is InChI=1S/C36H30FN3O5S2/c1-2-3-20-44-27-18-14-24(15-19-27)32(41)30-31(25-8-7-11-29(21-25)45-28-9-5-4-6-10-28)40(34(43)33(30)42)35-38-39-36(47-35)46-22-23-12-16-26(37)17-13-23/h4-19,21,31,41H,2-3,20,22H2,1H3/b32-30-. The minimum Gasteiger partial charge on any atom is -0.507 e. The molecule has 1 aromatic heterocycles. The number of hydrogen-bond acceptors (Lipinski definition) is 9. The number of unbranched alkanes of at least 4 members (excludes halogenated alkanes) is 1. The highest BCUT2D eigenvalue weighted by molar-refractivity contribution is 8.00. The molecule has 1 unspecified atom stereocenters. The van der Waals surface area contributed by atoms with E-state index < -0.39 is 17.7 Å². The van der Waals surface area contributed by atoms with E-state index in [2.05, 4.69) is 17.1 Å². The number of amides is 1. The zero-order valence-corrected chi connectivity index (χ0v) is 27.0. The molecule has 5 aromatic rings. The number of para-hydroxylation sites is 1. The molecular weight excluding hydrogens is 638 g/mol. The van der Waals surface area contributed by atoms with Crippen LogP contribution in [-0.2, 0) is 15.3 Å². The van der Waals surface area contributed by atoms with Gasteiger partial charge in [-0.15, -0.1) is 10.2 Å². The first-order valence-electron chi connectivity index (χ1n) is 15.0. The smallest absolute Gasteiger partial charge is 0.301 e. The van der Waals surface area contributed by atoms with Gasteiger partial charge < -0.3 is 14.6 Å². The number of ketones is 1. The lowest BCUT2D eigenvalue weighted by atomic mass is 9.95. The Morgan fingerprint density at radius 2 is 1.66 bits per heavy atom. The minimum absolute atomic E-state index is 0.0813. The van der Waals surface area contributed by atoms with Crippen LogP contribution < -0.4 is 14.4 Å². The van der Waals surface area contributed by atoms with Gasteiger partial charge in [0.05, 0.1) is 18.2 Å². The van der Waals surface area contributed by atoms with Gasteiger partial charge in [-0.1, -0.05) is 78.9 Å². The summed E-state index contributed by atoms with van der Waals surface area (Å²) in [6.45, 7) is 2.65. The van der Waals surface area contributed by atoms with Crippen molar-refractivity contribution in [3.05, 3.63) is 131 Å². The third-order valence-corrected chi connectivity index (χ3v) is 9.50. The van der Waals surface area contributed by atoms with Crippen LogP contribution in [0.25, 0.3) is 5.76 Å². The lowest BCUT2D eigenvalue weighted by molar-refractivity contribution is -0.132. The number of aliphatic hydroxyl groups excluding tert-OH is 1. The molecule has 1 fully saturated rings. The number of nitrogens with zero attached hydrogens (tertiary/aromatic N) is 3. The van der Waals surface area contributed by atoms with Gasteiger partial charge in [0.15, 0.2) is 4.34 Å². The number of carbonyl (C=O) groups excluding carboxylic acids is 2. The van der Waals surface area contributed by atoms with Crippen molar-refractivity contribution in [2.45, 2.75) is 35.9 Å². The van der Waals surface area contributed by atoms with Crippen LogP contribution in [0.3, 0.4) is 0 Å². The summed E-state index contributed by atoms with van der Waals surface area (Å²) >= 11 is 2.53. The van der Waals surface area contributed by atoms with Crippen LogP contribution in [0, 0.1) is 5.82 Å². The quantitative estimate of drug-likeness (QED) is 0.0353. The van der Waals surface area contributed by atoms with Gasteiger partial charge in [0, 0.05) is 11.3 Å². The van der Waals surface area contributed by atoms with Crippen molar-refractivity contribution in [2.75, 3.05) is 11.5 Å². The Morgan fingerprint density at radius 3 is 2.40 bits per heavy atom.